The van der Waals surface area contributed by atoms with Crippen molar-refractivity contribution in [2.24, 2.45) is 0 Å². The molecule has 0 aliphatic carbocycles. The lowest BCUT2D eigenvalue weighted by atomic mass is 9.99. The average molecular weight is 418 g/mol. The van der Waals surface area contributed by atoms with Crippen molar-refractivity contribution in [3.8, 4) is 11.5 Å². The number of aliphatic hydroxyl groups excluding tert-OH is 4. The smallest absolute Gasteiger partial charge is 0.344 e. The summed E-state index contributed by atoms with van der Waals surface area (Å²) in [6.45, 7) is -0.686. The van der Waals surface area contributed by atoms with Gasteiger partial charge in [-0.1, -0.05) is 42.5 Å². The molecule has 1 aliphatic rings. The van der Waals surface area contributed by atoms with Crippen LogP contribution in [0.4, 0.5) is 0 Å². The quantitative estimate of drug-likeness (QED) is 0.295. The molecular formula is C21H22O9. The molecule has 5 atom stereocenters. The van der Waals surface area contributed by atoms with E-state index < -0.39 is 49.0 Å². The summed E-state index contributed by atoms with van der Waals surface area (Å²) in [6, 6.07) is 11.3. The molecule has 9 nitrogen and oxygen atoms in total. The van der Waals surface area contributed by atoms with Crippen molar-refractivity contribution in [3.05, 3.63) is 59.2 Å². The van der Waals surface area contributed by atoms with Crippen molar-refractivity contribution in [2.75, 3.05) is 6.61 Å². The molecular weight excluding hydrogens is 396 g/mol. The van der Waals surface area contributed by atoms with Crippen LogP contribution in [0.1, 0.15) is 21.5 Å². The van der Waals surface area contributed by atoms with E-state index in [4.69, 9.17) is 9.47 Å². The van der Waals surface area contributed by atoms with Crippen LogP contribution in [0.2, 0.25) is 0 Å². The van der Waals surface area contributed by atoms with Gasteiger partial charge in [-0.3, -0.25) is 0 Å². The van der Waals surface area contributed by atoms with Crippen LogP contribution in [0, 0.1) is 0 Å². The molecule has 0 bridgehead atoms. The third kappa shape index (κ3) is 4.61. The van der Waals surface area contributed by atoms with Crippen molar-refractivity contribution in [2.45, 2.75) is 30.7 Å². The van der Waals surface area contributed by atoms with Crippen molar-refractivity contribution >= 4 is 18.1 Å². The number of aliphatic hydroxyl groups is 4. The Labute approximate surface area is 171 Å². The highest BCUT2D eigenvalue weighted by molar-refractivity contribution is 5.98. The SMILES string of the molecule is O=C(OC1OC(CO)C(O)C(O)C1O)c1c(O)cc(O)cc1C=Cc1ccccc1. The van der Waals surface area contributed by atoms with Crippen LogP contribution in [0.3, 0.4) is 0 Å². The molecule has 9 heteroatoms. The minimum Gasteiger partial charge on any atom is -0.508 e. The highest BCUT2D eigenvalue weighted by atomic mass is 16.7. The normalized spacial score (nSPS) is 26.6. The first-order chi connectivity index (χ1) is 14.3. The number of hydrogen-bond acceptors (Lipinski definition) is 9. The van der Waals surface area contributed by atoms with Crippen LogP contribution >= 0.6 is 0 Å². The van der Waals surface area contributed by atoms with Crippen LogP contribution < -0.4 is 0 Å². The molecule has 6 N–H and O–H groups in total. The van der Waals surface area contributed by atoms with E-state index in [1.807, 2.05) is 30.3 Å². The molecule has 1 heterocycles. The monoisotopic (exact) mass is 418 g/mol. The van der Waals surface area contributed by atoms with E-state index in [1.165, 1.54) is 12.1 Å². The fraction of sp³-hybridized carbons (Fsp3) is 0.286. The lowest BCUT2D eigenvalue weighted by molar-refractivity contribution is -0.285. The van der Waals surface area contributed by atoms with E-state index in [-0.39, 0.29) is 16.9 Å². The first-order valence-corrected chi connectivity index (χ1v) is 9.12. The summed E-state index contributed by atoms with van der Waals surface area (Å²) in [4.78, 5) is 12.7. The number of carbonyl (C=O) groups excluding carboxylic acids is 1. The maximum Gasteiger partial charge on any atom is 0.344 e. The molecule has 0 amide bonds. The Balaban J connectivity index is 1.87. The van der Waals surface area contributed by atoms with Gasteiger partial charge in [0.15, 0.2) is 0 Å². The van der Waals surface area contributed by atoms with E-state index in [1.54, 1.807) is 6.08 Å². The summed E-state index contributed by atoms with van der Waals surface area (Å²) in [7, 11) is 0. The van der Waals surface area contributed by atoms with Gasteiger partial charge in [-0.25, -0.2) is 4.79 Å². The van der Waals surface area contributed by atoms with Crippen LogP contribution in [0.25, 0.3) is 12.2 Å². The second-order valence-electron chi connectivity index (χ2n) is 6.78. The largest absolute Gasteiger partial charge is 0.508 e. The average Bonchev–Trinajstić information content (AvgIpc) is 2.72. The maximum atomic E-state index is 12.7. The van der Waals surface area contributed by atoms with Gasteiger partial charge in [-0.2, -0.15) is 0 Å². The molecule has 0 radical (unpaired) electrons. The minimum absolute atomic E-state index is 0.131. The Kier molecular flexibility index (Phi) is 6.70. The maximum absolute atomic E-state index is 12.7. The molecule has 1 saturated heterocycles. The van der Waals surface area contributed by atoms with Crippen LogP contribution in [-0.2, 0) is 9.47 Å². The zero-order valence-corrected chi connectivity index (χ0v) is 15.7. The minimum atomic E-state index is -1.78. The van der Waals surface area contributed by atoms with E-state index in [0.717, 1.165) is 11.6 Å². The summed E-state index contributed by atoms with van der Waals surface area (Å²) in [5.41, 5.74) is 0.622. The first kappa shape index (κ1) is 21.8. The third-order valence-electron chi connectivity index (χ3n) is 4.66. The summed E-state index contributed by atoms with van der Waals surface area (Å²) in [6.07, 6.45) is -4.93. The molecule has 3 rings (SSSR count). The molecule has 2 aromatic rings. The number of benzene rings is 2. The Morgan fingerprint density at radius 1 is 1.00 bits per heavy atom. The number of ether oxygens (including phenoxy) is 2. The zero-order valence-electron chi connectivity index (χ0n) is 15.7. The lowest BCUT2D eigenvalue weighted by Crippen LogP contribution is -2.59. The van der Waals surface area contributed by atoms with Crippen molar-refractivity contribution in [1.82, 2.24) is 0 Å². The second kappa shape index (κ2) is 9.24. The van der Waals surface area contributed by atoms with Crippen molar-refractivity contribution in [1.29, 1.82) is 0 Å². The number of esters is 1. The number of aromatic hydroxyl groups is 2. The molecule has 0 spiro atoms. The predicted octanol–water partition coefficient (Wildman–Crippen LogP) is 0.225. The molecule has 2 aromatic carbocycles. The van der Waals surface area contributed by atoms with Crippen LogP contribution in [0.15, 0.2) is 42.5 Å². The van der Waals surface area contributed by atoms with Crippen molar-refractivity contribution < 1.29 is 44.9 Å². The summed E-state index contributed by atoms with van der Waals surface area (Å²) in [5.74, 6) is -1.97. The molecule has 30 heavy (non-hydrogen) atoms. The molecule has 0 aromatic heterocycles. The van der Waals surface area contributed by atoms with Gasteiger partial charge < -0.3 is 40.1 Å². The lowest BCUT2D eigenvalue weighted by Gasteiger charge is -2.39. The fourth-order valence-corrected chi connectivity index (χ4v) is 3.07. The number of carbonyl (C=O) groups is 1. The number of phenolic OH excluding ortho intramolecular Hbond substituents is 2. The second-order valence-corrected chi connectivity index (χ2v) is 6.78. The van der Waals surface area contributed by atoms with Gasteiger partial charge in [-0.05, 0) is 17.2 Å². The fourth-order valence-electron chi connectivity index (χ4n) is 3.07. The van der Waals surface area contributed by atoms with Gasteiger partial charge in [0.05, 0.1) is 6.61 Å². The van der Waals surface area contributed by atoms with E-state index >= 15 is 0 Å². The third-order valence-corrected chi connectivity index (χ3v) is 4.66. The first-order valence-electron chi connectivity index (χ1n) is 9.12. The molecule has 1 aliphatic heterocycles. The van der Waals surface area contributed by atoms with Gasteiger partial charge in [0.25, 0.3) is 0 Å². The predicted molar refractivity (Wildman–Crippen MR) is 104 cm³/mol. The van der Waals surface area contributed by atoms with E-state index in [0.29, 0.717) is 0 Å². The Morgan fingerprint density at radius 2 is 1.70 bits per heavy atom. The van der Waals surface area contributed by atoms with Gasteiger partial charge >= 0.3 is 5.97 Å². The Hall–Kier alpha value is -2.95. The molecule has 160 valence electrons. The number of hydrogen-bond donors (Lipinski definition) is 6. The highest BCUT2D eigenvalue weighted by Gasteiger charge is 2.45. The summed E-state index contributed by atoms with van der Waals surface area (Å²) in [5, 5.41) is 58.9. The topological polar surface area (TPSA) is 157 Å². The van der Waals surface area contributed by atoms with E-state index in [9.17, 15) is 35.4 Å². The zero-order chi connectivity index (χ0) is 21.8. The van der Waals surface area contributed by atoms with Gasteiger partial charge in [0.1, 0.15) is 41.5 Å². The van der Waals surface area contributed by atoms with E-state index in [2.05, 4.69) is 0 Å². The highest BCUT2D eigenvalue weighted by Crippen LogP contribution is 2.31. The standard InChI is InChI=1S/C21H22O9/c22-10-15-17(25)18(26)19(27)21(29-15)30-20(28)16-12(8-13(23)9-14(16)24)7-6-11-4-2-1-3-5-11/h1-9,15,17-19,21-27H,10H2. The number of rotatable bonds is 5. The molecule has 1 fully saturated rings. The van der Waals surface area contributed by atoms with Gasteiger partial charge in [-0.15, -0.1) is 0 Å². The Bertz CT molecular complexity index is 910. The Morgan fingerprint density at radius 3 is 2.37 bits per heavy atom. The van der Waals surface area contributed by atoms with Gasteiger partial charge in [0, 0.05) is 6.07 Å². The summed E-state index contributed by atoms with van der Waals surface area (Å²) >= 11 is 0. The van der Waals surface area contributed by atoms with Crippen molar-refractivity contribution in [3.63, 3.8) is 0 Å². The molecule has 5 unspecified atom stereocenters. The van der Waals surface area contributed by atoms with Crippen LogP contribution in [-0.4, -0.2) is 73.9 Å². The summed E-state index contributed by atoms with van der Waals surface area (Å²) < 4.78 is 10.2. The van der Waals surface area contributed by atoms with Crippen LogP contribution in [0.5, 0.6) is 11.5 Å². The number of phenols is 2. The molecule has 0 saturated carbocycles. The van der Waals surface area contributed by atoms with Gasteiger partial charge in [0.2, 0.25) is 6.29 Å².